The molecule has 0 radical (unpaired) electrons. The molecule has 2 fully saturated rings. The molecule has 15 heavy (non-hydrogen) atoms. The van der Waals surface area contributed by atoms with Gasteiger partial charge in [0.25, 0.3) is 0 Å². The molecule has 2 aliphatic rings. The molecule has 1 aliphatic heterocycles. The molecule has 0 bridgehead atoms. The summed E-state index contributed by atoms with van der Waals surface area (Å²) in [6.45, 7) is 6.76. The van der Waals surface area contributed by atoms with Gasteiger partial charge in [0.1, 0.15) is 5.60 Å². The number of nitrogens with one attached hydrogen (secondary N) is 2. The average molecular weight is 212 g/mol. The first-order valence-corrected chi connectivity index (χ1v) is 5.63. The molecule has 2 rings (SSSR count). The van der Waals surface area contributed by atoms with E-state index in [1.165, 1.54) is 6.42 Å². The molecular weight excluding hydrogens is 192 g/mol. The first kappa shape index (κ1) is 10.7. The van der Waals surface area contributed by atoms with Crippen LogP contribution in [0.25, 0.3) is 0 Å². The van der Waals surface area contributed by atoms with Crippen LogP contribution in [0.5, 0.6) is 0 Å². The van der Waals surface area contributed by atoms with Crippen molar-refractivity contribution in [1.82, 2.24) is 10.6 Å². The second kappa shape index (κ2) is 3.37. The van der Waals surface area contributed by atoms with Crippen molar-refractivity contribution in [2.24, 2.45) is 0 Å². The molecule has 86 valence electrons. The fraction of sp³-hybridized carbons (Fsp3) is 0.909. The standard InChI is InChI=1S/C11H20N2O2/c1-10(2,3)15-9(14)13-8-6-11(7-8)4-5-12-11/h8,12H,4-7H2,1-3H3,(H,13,14). The first-order chi connectivity index (χ1) is 6.89. The lowest BCUT2D eigenvalue weighted by atomic mass is 9.66. The summed E-state index contributed by atoms with van der Waals surface area (Å²) in [4.78, 5) is 11.4. The van der Waals surface area contributed by atoms with Gasteiger partial charge in [0, 0.05) is 11.6 Å². The Morgan fingerprint density at radius 1 is 1.47 bits per heavy atom. The van der Waals surface area contributed by atoms with Crippen LogP contribution in [0.2, 0.25) is 0 Å². The highest BCUT2D eigenvalue weighted by Gasteiger charge is 2.48. The molecule has 2 N–H and O–H groups in total. The molecule has 1 saturated carbocycles. The second-order valence-electron chi connectivity index (χ2n) is 5.71. The summed E-state index contributed by atoms with van der Waals surface area (Å²) >= 11 is 0. The lowest BCUT2D eigenvalue weighted by Crippen LogP contribution is -2.69. The van der Waals surface area contributed by atoms with Crippen molar-refractivity contribution in [2.75, 3.05) is 6.54 Å². The van der Waals surface area contributed by atoms with Crippen LogP contribution in [0.15, 0.2) is 0 Å². The summed E-state index contributed by atoms with van der Waals surface area (Å²) < 4.78 is 5.19. The van der Waals surface area contributed by atoms with Gasteiger partial charge >= 0.3 is 6.09 Å². The van der Waals surface area contributed by atoms with Gasteiger partial charge in [-0.15, -0.1) is 0 Å². The van der Waals surface area contributed by atoms with Crippen molar-refractivity contribution in [1.29, 1.82) is 0 Å². The van der Waals surface area contributed by atoms with Crippen LogP contribution in [0.1, 0.15) is 40.0 Å². The van der Waals surface area contributed by atoms with Gasteiger partial charge in [-0.05, 0) is 46.6 Å². The number of ether oxygens (including phenoxy) is 1. The van der Waals surface area contributed by atoms with Crippen molar-refractivity contribution in [3.05, 3.63) is 0 Å². The zero-order chi connectivity index (χ0) is 11.1. The number of hydrogen-bond donors (Lipinski definition) is 2. The predicted molar refractivity (Wildman–Crippen MR) is 57.7 cm³/mol. The topological polar surface area (TPSA) is 50.4 Å². The highest BCUT2D eigenvalue weighted by Crippen LogP contribution is 2.39. The van der Waals surface area contributed by atoms with Gasteiger partial charge in [0.05, 0.1) is 0 Å². The Bertz CT molecular complexity index is 258. The minimum Gasteiger partial charge on any atom is -0.444 e. The van der Waals surface area contributed by atoms with Crippen LogP contribution in [0, 0.1) is 0 Å². The van der Waals surface area contributed by atoms with E-state index in [1.54, 1.807) is 0 Å². The highest BCUT2D eigenvalue weighted by molar-refractivity contribution is 5.68. The molecular formula is C11H20N2O2. The van der Waals surface area contributed by atoms with Gasteiger partial charge in [-0.25, -0.2) is 4.79 Å². The third kappa shape index (κ3) is 2.43. The molecule has 1 spiro atoms. The van der Waals surface area contributed by atoms with Crippen LogP contribution in [0.4, 0.5) is 4.79 Å². The molecule has 0 aromatic heterocycles. The lowest BCUT2D eigenvalue weighted by molar-refractivity contribution is 0.0283. The molecule has 4 nitrogen and oxygen atoms in total. The monoisotopic (exact) mass is 212 g/mol. The summed E-state index contributed by atoms with van der Waals surface area (Å²) in [6.07, 6.45) is 3.06. The van der Waals surface area contributed by atoms with Gasteiger partial charge in [0.15, 0.2) is 0 Å². The Hall–Kier alpha value is -0.770. The van der Waals surface area contributed by atoms with Gasteiger partial charge in [0.2, 0.25) is 0 Å². The molecule has 0 aromatic rings. The number of alkyl carbamates (subject to hydrolysis) is 1. The molecule has 0 unspecified atom stereocenters. The van der Waals surface area contributed by atoms with Crippen molar-refractivity contribution in [3.63, 3.8) is 0 Å². The fourth-order valence-corrected chi connectivity index (χ4v) is 2.29. The van der Waals surface area contributed by atoms with E-state index >= 15 is 0 Å². The lowest BCUT2D eigenvalue weighted by Gasteiger charge is -2.54. The van der Waals surface area contributed by atoms with Crippen LogP contribution < -0.4 is 10.6 Å². The number of carbonyl (C=O) groups excluding carboxylic acids is 1. The average Bonchev–Trinajstić information content (AvgIpc) is 1.87. The molecule has 0 atom stereocenters. The Kier molecular flexibility index (Phi) is 2.41. The third-order valence-corrected chi connectivity index (χ3v) is 3.10. The number of hydrogen-bond acceptors (Lipinski definition) is 3. The summed E-state index contributed by atoms with van der Waals surface area (Å²) in [5.74, 6) is 0. The van der Waals surface area contributed by atoms with Crippen molar-refractivity contribution in [2.45, 2.75) is 57.2 Å². The number of rotatable bonds is 1. The first-order valence-electron chi connectivity index (χ1n) is 5.63. The minimum atomic E-state index is -0.403. The van der Waals surface area contributed by atoms with Gasteiger partial charge in [-0.2, -0.15) is 0 Å². The molecule has 1 saturated heterocycles. The molecule has 1 heterocycles. The van der Waals surface area contributed by atoms with E-state index < -0.39 is 5.60 Å². The summed E-state index contributed by atoms with van der Waals surface area (Å²) in [7, 11) is 0. The quantitative estimate of drug-likeness (QED) is 0.691. The molecule has 4 heteroatoms. The molecule has 1 aliphatic carbocycles. The van der Waals surface area contributed by atoms with E-state index in [1.807, 2.05) is 20.8 Å². The van der Waals surface area contributed by atoms with E-state index in [0.29, 0.717) is 11.6 Å². The van der Waals surface area contributed by atoms with Crippen LogP contribution in [0.3, 0.4) is 0 Å². The summed E-state index contributed by atoms with van der Waals surface area (Å²) in [5, 5.41) is 6.31. The van der Waals surface area contributed by atoms with Gasteiger partial charge in [-0.3, -0.25) is 0 Å². The maximum atomic E-state index is 11.4. The van der Waals surface area contributed by atoms with Crippen molar-refractivity contribution >= 4 is 6.09 Å². The van der Waals surface area contributed by atoms with Crippen molar-refractivity contribution in [3.8, 4) is 0 Å². The maximum Gasteiger partial charge on any atom is 0.407 e. The van der Waals surface area contributed by atoms with Gasteiger partial charge < -0.3 is 15.4 Å². The minimum absolute atomic E-state index is 0.290. The van der Waals surface area contributed by atoms with Crippen LogP contribution in [-0.2, 0) is 4.74 Å². The second-order valence-corrected chi connectivity index (χ2v) is 5.71. The van der Waals surface area contributed by atoms with Crippen molar-refractivity contribution < 1.29 is 9.53 Å². The number of carbonyl (C=O) groups is 1. The molecule has 0 aromatic carbocycles. The normalized spacial score (nSPS) is 34.2. The van der Waals surface area contributed by atoms with Gasteiger partial charge in [-0.1, -0.05) is 0 Å². The Morgan fingerprint density at radius 3 is 2.47 bits per heavy atom. The fourth-order valence-electron chi connectivity index (χ4n) is 2.29. The zero-order valence-corrected chi connectivity index (χ0v) is 9.72. The van der Waals surface area contributed by atoms with E-state index in [4.69, 9.17) is 4.74 Å². The maximum absolute atomic E-state index is 11.4. The van der Waals surface area contributed by atoms with Crippen LogP contribution in [-0.4, -0.2) is 29.8 Å². The van der Waals surface area contributed by atoms with E-state index in [0.717, 1.165) is 19.4 Å². The SMILES string of the molecule is CC(C)(C)OC(=O)NC1CC2(CCN2)C1. The Morgan fingerprint density at radius 2 is 2.07 bits per heavy atom. The summed E-state index contributed by atoms with van der Waals surface area (Å²) in [5.41, 5.74) is -0.0417. The predicted octanol–water partition coefficient (Wildman–Crippen LogP) is 1.41. The largest absolute Gasteiger partial charge is 0.444 e. The summed E-state index contributed by atoms with van der Waals surface area (Å²) in [6, 6.07) is 0.299. The van der Waals surface area contributed by atoms with E-state index in [-0.39, 0.29) is 6.09 Å². The Balaban J connectivity index is 1.68. The smallest absolute Gasteiger partial charge is 0.407 e. The molecule has 1 amide bonds. The Labute approximate surface area is 90.8 Å². The number of amides is 1. The van der Waals surface area contributed by atoms with Crippen LogP contribution >= 0.6 is 0 Å². The van der Waals surface area contributed by atoms with E-state index in [2.05, 4.69) is 10.6 Å². The van der Waals surface area contributed by atoms with E-state index in [9.17, 15) is 4.79 Å². The third-order valence-electron chi connectivity index (χ3n) is 3.10. The highest BCUT2D eigenvalue weighted by atomic mass is 16.6. The zero-order valence-electron chi connectivity index (χ0n) is 9.72.